The number of ether oxygens (including phenoxy) is 1. The van der Waals surface area contributed by atoms with Crippen LogP contribution in [-0.4, -0.2) is 27.6 Å². The van der Waals surface area contributed by atoms with E-state index in [1.54, 1.807) is 25.4 Å². The summed E-state index contributed by atoms with van der Waals surface area (Å²) in [6.45, 7) is 1.93. The van der Waals surface area contributed by atoms with Gasteiger partial charge in [0.25, 0.3) is 5.91 Å². The van der Waals surface area contributed by atoms with Gasteiger partial charge in [0.1, 0.15) is 5.69 Å². The summed E-state index contributed by atoms with van der Waals surface area (Å²) in [6.07, 6.45) is 1.59. The molecular weight excluding hydrogens is 280 g/mol. The first-order chi connectivity index (χ1) is 10.7. The SMILES string of the molecule is COc1ccc2nc(C(=O)N[C@H](C)c3ccccc3)cn2n1. The molecule has 1 N–H and O–H groups in total. The van der Waals surface area contributed by atoms with Gasteiger partial charge in [0.15, 0.2) is 5.65 Å². The molecule has 22 heavy (non-hydrogen) atoms. The number of hydrogen-bond acceptors (Lipinski definition) is 4. The zero-order valence-corrected chi connectivity index (χ0v) is 12.4. The number of hydrogen-bond donors (Lipinski definition) is 1. The van der Waals surface area contributed by atoms with Gasteiger partial charge in [-0.05, 0) is 18.6 Å². The van der Waals surface area contributed by atoms with Crippen LogP contribution in [0, 0.1) is 0 Å². The van der Waals surface area contributed by atoms with Crippen molar-refractivity contribution in [1.29, 1.82) is 0 Å². The highest BCUT2D eigenvalue weighted by molar-refractivity contribution is 5.93. The van der Waals surface area contributed by atoms with Gasteiger partial charge in [-0.25, -0.2) is 9.50 Å². The average molecular weight is 296 g/mol. The van der Waals surface area contributed by atoms with Crippen LogP contribution in [0.15, 0.2) is 48.7 Å². The van der Waals surface area contributed by atoms with E-state index in [0.717, 1.165) is 5.56 Å². The van der Waals surface area contributed by atoms with Gasteiger partial charge >= 0.3 is 0 Å². The van der Waals surface area contributed by atoms with Crippen LogP contribution >= 0.6 is 0 Å². The molecule has 2 heterocycles. The van der Waals surface area contributed by atoms with Crippen molar-refractivity contribution in [2.45, 2.75) is 13.0 Å². The second kappa shape index (κ2) is 5.85. The van der Waals surface area contributed by atoms with Crippen LogP contribution < -0.4 is 10.1 Å². The van der Waals surface area contributed by atoms with Crippen LogP contribution in [-0.2, 0) is 0 Å². The maximum absolute atomic E-state index is 12.3. The summed E-state index contributed by atoms with van der Waals surface area (Å²) in [7, 11) is 1.54. The maximum Gasteiger partial charge on any atom is 0.272 e. The highest BCUT2D eigenvalue weighted by atomic mass is 16.5. The number of carbonyl (C=O) groups excluding carboxylic acids is 1. The minimum absolute atomic E-state index is 0.0963. The Bertz CT molecular complexity index is 798. The minimum Gasteiger partial charge on any atom is -0.480 e. The number of nitrogens with one attached hydrogen (secondary N) is 1. The molecule has 0 fully saturated rings. The zero-order valence-electron chi connectivity index (χ0n) is 12.4. The van der Waals surface area contributed by atoms with Crippen molar-refractivity contribution >= 4 is 11.6 Å². The van der Waals surface area contributed by atoms with Gasteiger partial charge in [-0.15, -0.1) is 5.10 Å². The standard InChI is InChI=1S/C16H16N4O2/c1-11(12-6-4-3-5-7-12)17-16(21)13-10-20-14(18-13)8-9-15(19-20)22-2/h3-11H,1-2H3,(H,17,21)/t11-/m1/s1. The number of carbonyl (C=O) groups is 1. The quantitative estimate of drug-likeness (QED) is 0.801. The number of rotatable bonds is 4. The first-order valence-corrected chi connectivity index (χ1v) is 6.93. The fourth-order valence-electron chi connectivity index (χ4n) is 2.18. The number of fused-ring (bicyclic) bond motifs is 1. The van der Waals surface area contributed by atoms with E-state index >= 15 is 0 Å². The molecule has 1 aromatic carbocycles. The lowest BCUT2D eigenvalue weighted by Crippen LogP contribution is -2.26. The molecule has 0 saturated heterocycles. The lowest BCUT2D eigenvalue weighted by Gasteiger charge is -2.12. The van der Waals surface area contributed by atoms with Gasteiger partial charge in [0.2, 0.25) is 5.88 Å². The number of benzene rings is 1. The van der Waals surface area contributed by atoms with Gasteiger partial charge in [-0.3, -0.25) is 4.79 Å². The molecule has 0 aliphatic heterocycles. The summed E-state index contributed by atoms with van der Waals surface area (Å²) in [6, 6.07) is 13.1. The Morgan fingerprint density at radius 2 is 2.00 bits per heavy atom. The molecule has 112 valence electrons. The van der Waals surface area contributed by atoms with Gasteiger partial charge < -0.3 is 10.1 Å². The molecule has 0 bridgehead atoms. The number of methoxy groups -OCH3 is 1. The van der Waals surface area contributed by atoms with Crippen molar-refractivity contribution in [1.82, 2.24) is 19.9 Å². The highest BCUT2D eigenvalue weighted by Crippen LogP contribution is 2.13. The summed E-state index contributed by atoms with van der Waals surface area (Å²) in [5, 5.41) is 7.11. The van der Waals surface area contributed by atoms with E-state index in [9.17, 15) is 4.79 Å². The van der Waals surface area contributed by atoms with Crippen molar-refractivity contribution in [3.05, 3.63) is 59.9 Å². The van der Waals surface area contributed by atoms with E-state index in [0.29, 0.717) is 17.2 Å². The molecule has 0 aliphatic rings. The summed E-state index contributed by atoms with van der Waals surface area (Å²) in [5.41, 5.74) is 1.96. The second-order valence-corrected chi connectivity index (χ2v) is 4.91. The fourth-order valence-corrected chi connectivity index (χ4v) is 2.18. The van der Waals surface area contributed by atoms with Gasteiger partial charge in [0, 0.05) is 6.07 Å². The number of aromatic nitrogens is 3. The summed E-state index contributed by atoms with van der Waals surface area (Å²) in [5.74, 6) is 0.232. The molecule has 3 rings (SSSR count). The van der Waals surface area contributed by atoms with E-state index in [1.807, 2.05) is 37.3 Å². The van der Waals surface area contributed by atoms with Crippen LogP contribution in [0.1, 0.15) is 29.0 Å². The van der Waals surface area contributed by atoms with Gasteiger partial charge in [-0.2, -0.15) is 0 Å². The first kappa shape index (κ1) is 14.1. The maximum atomic E-state index is 12.3. The van der Waals surface area contributed by atoms with Crippen LogP contribution in [0.3, 0.4) is 0 Å². The molecule has 0 aliphatic carbocycles. The molecule has 1 atom stereocenters. The monoisotopic (exact) mass is 296 g/mol. The van der Waals surface area contributed by atoms with Gasteiger partial charge in [0.05, 0.1) is 19.3 Å². The molecule has 3 aromatic rings. The van der Waals surface area contributed by atoms with Crippen LogP contribution in [0.25, 0.3) is 5.65 Å². The lowest BCUT2D eigenvalue weighted by molar-refractivity contribution is 0.0935. The van der Waals surface area contributed by atoms with Crippen LogP contribution in [0.5, 0.6) is 5.88 Å². The molecule has 0 unspecified atom stereocenters. The number of imidazole rings is 1. The normalized spacial score (nSPS) is 12.1. The van der Waals surface area contributed by atoms with Crippen molar-refractivity contribution in [3.8, 4) is 5.88 Å². The summed E-state index contributed by atoms with van der Waals surface area (Å²) < 4.78 is 6.58. The molecule has 0 radical (unpaired) electrons. The predicted molar refractivity (Wildman–Crippen MR) is 81.9 cm³/mol. The van der Waals surface area contributed by atoms with Crippen LogP contribution in [0.4, 0.5) is 0 Å². The van der Waals surface area contributed by atoms with Crippen molar-refractivity contribution < 1.29 is 9.53 Å². The van der Waals surface area contributed by atoms with E-state index in [2.05, 4.69) is 15.4 Å². The molecule has 0 spiro atoms. The minimum atomic E-state index is -0.235. The number of amides is 1. The smallest absolute Gasteiger partial charge is 0.272 e. The third-order valence-electron chi connectivity index (χ3n) is 3.38. The Labute approximate surface area is 127 Å². The van der Waals surface area contributed by atoms with E-state index in [-0.39, 0.29) is 11.9 Å². The zero-order chi connectivity index (χ0) is 15.5. The molecular formula is C16H16N4O2. The third kappa shape index (κ3) is 2.76. The van der Waals surface area contributed by atoms with Gasteiger partial charge in [-0.1, -0.05) is 30.3 Å². The Morgan fingerprint density at radius 1 is 1.23 bits per heavy atom. The van der Waals surface area contributed by atoms with Crippen molar-refractivity contribution in [3.63, 3.8) is 0 Å². The Hall–Kier alpha value is -2.89. The molecule has 0 saturated carbocycles. The van der Waals surface area contributed by atoms with Crippen molar-refractivity contribution in [2.75, 3.05) is 7.11 Å². The molecule has 6 nitrogen and oxygen atoms in total. The van der Waals surface area contributed by atoms with Crippen molar-refractivity contribution in [2.24, 2.45) is 0 Å². The predicted octanol–water partition coefficient (Wildman–Crippen LogP) is 2.23. The van der Waals surface area contributed by atoms with E-state index < -0.39 is 0 Å². The topological polar surface area (TPSA) is 68.5 Å². The number of nitrogens with zero attached hydrogens (tertiary/aromatic N) is 3. The molecule has 1 amide bonds. The summed E-state index contributed by atoms with van der Waals surface area (Å²) in [4.78, 5) is 16.6. The van der Waals surface area contributed by atoms with E-state index in [1.165, 1.54) is 4.52 Å². The molecule has 6 heteroatoms. The summed E-state index contributed by atoms with van der Waals surface area (Å²) >= 11 is 0. The molecule has 2 aromatic heterocycles. The van der Waals surface area contributed by atoms with E-state index in [4.69, 9.17) is 4.74 Å². The Kier molecular flexibility index (Phi) is 3.74. The Morgan fingerprint density at radius 3 is 2.73 bits per heavy atom. The Balaban J connectivity index is 1.80. The lowest BCUT2D eigenvalue weighted by atomic mass is 10.1. The fraction of sp³-hybridized carbons (Fsp3) is 0.188. The largest absolute Gasteiger partial charge is 0.480 e. The first-order valence-electron chi connectivity index (χ1n) is 6.93. The highest BCUT2D eigenvalue weighted by Gasteiger charge is 2.15. The average Bonchev–Trinajstić information content (AvgIpc) is 2.98. The van der Waals surface area contributed by atoms with Crippen LogP contribution in [0.2, 0.25) is 0 Å². The third-order valence-corrected chi connectivity index (χ3v) is 3.38. The second-order valence-electron chi connectivity index (χ2n) is 4.91.